The fraction of sp³-hybridized carbons (Fsp3) is 0.800. The summed E-state index contributed by atoms with van der Waals surface area (Å²) in [7, 11) is 3.41. The number of morpholine rings is 1. The number of likely N-dealkylation sites (tertiary alicyclic amines) is 1. The second kappa shape index (κ2) is 11.3. The summed E-state index contributed by atoms with van der Waals surface area (Å²) in [5, 5.41) is 11.9. The van der Waals surface area contributed by atoms with Gasteiger partial charge in [0.1, 0.15) is 12.4 Å². The molecule has 2 aliphatic heterocycles. The summed E-state index contributed by atoms with van der Waals surface area (Å²) in [6.07, 6.45) is 2.61. The van der Waals surface area contributed by atoms with E-state index in [0.717, 1.165) is 89.4 Å². The molecule has 0 amide bonds. The molecule has 0 atom stereocenters. The van der Waals surface area contributed by atoms with E-state index < -0.39 is 0 Å². The van der Waals surface area contributed by atoms with Gasteiger partial charge >= 0.3 is 5.97 Å². The first-order valence-corrected chi connectivity index (χ1v) is 10.8. The van der Waals surface area contributed by atoms with E-state index >= 15 is 0 Å². The Morgan fingerprint density at radius 3 is 2.60 bits per heavy atom. The third-order valence-corrected chi connectivity index (χ3v) is 5.92. The van der Waals surface area contributed by atoms with E-state index in [1.807, 2.05) is 18.5 Å². The van der Waals surface area contributed by atoms with Gasteiger partial charge in [-0.05, 0) is 32.7 Å². The number of aryl methyl sites for hydroxylation is 1. The Morgan fingerprint density at radius 2 is 1.97 bits per heavy atom. The van der Waals surface area contributed by atoms with E-state index in [9.17, 15) is 4.79 Å². The molecule has 3 heterocycles. The first kappa shape index (κ1) is 22.5. The predicted octanol–water partition coefficient (Wildman–Crippen LogP) is 0.176. The number of aromatic nitrogens is 3. The lowest BCUT2D eigenvalue weighted by Crippen LogP contribution is -2.47. The molecule has 2 aliphatic rings. The zero-order chi connectivity index (χ0) is 21.3. The van der Waals surface area contributed by atoms with Gasteiger partial charge in [-0.3, -0.25) is 9.69 Å². The van der Waals surface area contributed by atoms with Gasteiger partial charge in [-0.2, -0.15) is 0 Å². The monoisotopic (exact) mass is 421 g/mol. The van der Waals surface area contributed by atoms with Gasteiger partial charge in [0.15, 0.2) is 11.8 Å². The molecule has 0 aliphatic carbocycles. The fourth-order valence-corrected chi connectivity index (χ4v) is 3.82. The van der Waals surface area contributed by atoms with Crippen LogP contribution in [0.15, 0.2) is 4.99 Å². The number of methoxy groups -OCH3 is 1. The third-order valence-electron chi connectivity index (χ3n) is 5.92. The van der Waals surface area contributed by atoms with Crippen LogP contribution in [0.4, 0.5) is 0 Å². The summed E-state index contributed by atoms with van der Waals surface area (Å²) >= 11 is 0. The van der Waals surface area contributed by atoms with E-state index in [4.69, 9.17) is 14.5 Å². The van der Waals surface area contributed by atoms with Crippen LogP contribution in [0.5, 0.6) is 0 Å². The highest BCUT2D eigenvalue weighted by Crippen LogP contribution is 2.18. The zero-order valence-electron chi connectivity index (χ0n) is 18.5. The van der Waals surface area contributed by atoms with Gasteiger partial charge in [0.05, 0.1) is 26.2 Å². The lowest BCUT2D eigenvalue weighted by Gasteiger charge is -2.33. The normalized spacial score (nSPS) is 19.2. The van der Waals surface area contributed by atoms with Gasteiger partial charge in [0.25, 0.3) is 0 Å². The maximum Gasteiger partial charge on any atom is 0.308 e. The number of carbonyl (C=O) groups excluding carboxylic acids is 1. The molecule has 10 nitrogen and oxygen atoms in total. The Morgan fingerprint density at radius 1 is 1.23 bits per heavy atom. The summed E-state index contributed by atoms with van der Waals surface area (Å²) in [5.41, 5.74) is 0. The lowest BCUT2D eigenvalue weighted by molar-refractivity contribution is -0.146. The molecule has 0 spiro atoms. The number of ether oxygens (including phenoxy) is 2. The van der Waals surface area contributed by atoms with Crippen molar-refractivity contribution in [1.82, 2.24) is 29.9 Å². The number of guanidine groups is 1. The maximum absolute atomic E-state index is 11.8. The lowest BCUT2D eigenvalue weighted by atomic mass is 9.97. The molecule has 1 aromatic heterocycles. The van der Waals surface area contributed by atoms with Crippen LogP contribution >= 0.6 is 0 Å². The van der Waals surface area contributed by atoms with Crippen LogP contribution in [-0.2, 0) is 27.9 Å². The molecular weight excluding hydrogens is 386 g/mol. The van der Waals surface area contributed by atoms with Crippen LogP contribution in [0.2, 0.25) is 0 Å². The van der Waals surface area contributed by atoms with Gasteiger partial charge in [0.2, 0.25) is 0 Å². The highest BCUT2D eigenvalue weighted by molar-refractivity contribution is 5.80. The molecule has 2 fully saturated rings. The molecule has 0 bridgehead atoms. The zero-order valence-corrected chi connectivity index (χ0v) is 18.5. The van der Waals surface area contributed by atoms with Crippen LogP contribution in [0.3, 0.4) is 0 Å². The summed E-state index contributed by atoms with van der Waals surface area (Å²) < 4.78 is 12.3. The van der Waals surface area contributed by atoms with Crippen molar-refractivity contribution in [3.8, 4) is 0 Å². The van der Waals surface area contributed by atoms with Crippen molar-refractivity contribution in [3.05, 3.63) is 11.6 Å². The van der Waals surface area contributed by atoms with Crippen molar-refractivity contribution in [2.75, 3.05) is 59.6 Å². The van der Waals surface area contributed by atoms with Gasteiger partial charge in [-0.25, -0.2) is 4.99 Å². The van der Waals surface area contributed by atoms with Gasteiger partial charge < -0.3 is 24.3 Å². The molecule has 168 valence electrons. The van der Waals surface area contributed by atoms with Crippen LogP contribution in [0.25, 0.3) is 0 Å². The molecule has 3 rings (SSSR count). The minimum absolute atomic E-state index is 0.0183. The largest absolute Gasteiger partial charge is 0.469 e. The summed E-state index contributed by atoms with van der Waals surface area (Å²) in [6.45, 7) is 9.55. The first-order chi connectivity index (χ1) is 14.6. The van der Waals surface area contributed by atoms with Crippen molar-refractivity contribution < 1.29 is 14.3 Å². The van der Waals surface area contributed by atoms with Crippen molar-refractivity contribution in [2.24, 2.45) is 18.0 Å². The van der Waals surface area contributed by atoms with Crippen molar-refractivity contribution >= 4 is 11.9 Å². The Bertz CT molecular complexity index is 707. The van der Waals surface area contributed by atoms with Gasteiger partial charge in [-0.1, -0.05) is 0 Å². The van der Waals surface area contributed by atoms with E-state index in [-0.39, 0.29) is 11.9 Å². The highest BCUT2D eigenvalue weighted by Gasteiger charge is 2.27. The van der Waals surface area contributed by atoms with E-state index in [1.54, 1.807) is 0 Å². The second-order valence-corrected chi connectivity index (χ2v) is 7.88. The average molecular weight is 422 g/mol. The SMILES string of the molecule is COC(=O)C1CCN(C(=NCc2nnc(C)n2C)NCCCN2CCOCC2)CC1. The Hall–Kier alpha value is -2.20. The van der Waals surface area contributed by atoms with Crippen LogP contribution < -0.4 is 5.32 Å². The maximum atomic E-state index is 11.8. The van der Waals surface area contributed by atoms with Gasteiger partial charge in [0, 0.05) is 39.8 Å². The van der Waals surface area contributed by atoms with Crippen LogP contribution in [0, 0.1) is 12.8 Å². The first-order valence-electron chi connectivity index (χ1n) is 10.8. The Balaban J connectivity index is 1.56. The molecule has 10 heteroatoms. The number of piperidine rings is 1. The number of nitrogens with zero attached hydrogens (tertiary/aromatic N) is 6. The van der Waals surface area contributed by atoms with Crippen molar-refractivity contribution in [1.29, 1.82) is 0 Å². The van der Waals surface area contributed by atoms with E-state index in [0.29, 0.717) is 6.54 Å². The number of hydrogen-bond acceptors (Lipinski definition) is 7. The van der Waals surface area contributed by atoms with Crippen LogP contribution in [0.1, 0.15) is 30.9 Å². The number of aliphatic imine (C=N–C) groups is 1. The molecular formula is C20H35N7O3. The molecule has 1 N–H and O–H groups in total. The highest BCUT2D eigenvalue weighted by atomic mass is 16.5. The minimum atomic E-state index is -0.110. The van der Waals surface area contributed by atoms with E-state index in [2.05, 4.69) is 25.3 Å². The molecule has 30 heavy (non-hydrogen) atoms. The van der Waals surface area contributed by atoms with E-state index in [1.165, 1.54) is 7.11 Å². The smallest absolute Gasteiger partial charge is 0.308 e. The minimum Gasteiger partial charge on any atom is -0.469 e. The average Bonchev–Trinajstić information content (AvgIpc) is 3.11. The third kappa shape index (κ3) is 6.15. The number of hydrogen-bond donors (Lipinski definition) is 1. The fourth-order valence-electron chi connectivity index (χ4n) is 3.82. The van der Waals surface area contributed by atoms with Crippen molar-refractivity contribution in [2.45, 2.75) is 32.7 Å². The standard InChI is InChI=1S/C20H35N7O3/c1-16-23-24-18(25(16)2)15-22-20(21-7-4-8-26-11-13-30-14-12-26)27-9-5-17(6-10-27)19(28)29-3/h17H,4-15H2,1-3H3,(H,21,22). The Labute approximate surface area is 178 Å². The summed E-state index contributed by atoms with van der Waals surface area (Å²) in [6, 6.07) is 0. The summed E-state index contributed by atoms with van der Waals surface area (Å²) in [4.78, 5) is 21.3. The molecule has 0 unspecified atom stereocenters. The number of esters is 1. The number of nitrogens with one attached hydrogen (secondary N) is 1. The number of rotatable bonds is 7. The summed E-state index contributed by atoms with van der Waals surface area (Å²) in [5.74, 6) is 2.46. The van der Waals surface area contributed by atoms with Crippen LogP contribution in [-0.4, -0.2) is 96.1 Å². The molecule has 0 radical (unpaired) electrons. The van der Waals surface area contributed by atoms with Crippen molar-refractivity contribution in [3.63, 3.8) is 0 Å². The molecule has 0 aromatic carbocycles. The topological polar surface area (TPSA) is 97.1 Å². The predicted molar refractivity (Wildman–Crippen MR) is 113 cm³/mol. The molecule has 2 saturated heterocycles. The molecule has 0 saturated carbocycles. The Kier molecular flexibility index (Phi) is 8.44. The van der Waals surface area contributed by atoms with Gasteiger partial charge in [-0.15, -0.1) is 10.2 Å². The quantitative estimate of drug-likeness (QED) is 0.288. The molecule has 1 aromatic rings. The number of carbonyl (C=O) groups is 1. The second-order valence-electron chi connectivity index (χ2n) is 7.88.